The van der Waals surface area contributed by atoms with Crippen molar-refractivity contribution in [1.29, 1.82) is 0 Å². The lowest BCUT2D eigenvalue weighted by Gasteiger charge is -2.25. The number of aliphatic hydroxyl groups is 1. The average Bonchev–Trinajstić information content (AvgIpc) is 3.21. The van der Waals surface area contributed by atoms with Crippen molar-refractivity contribution in [1.82, 2.24) is 0 Å². The van der Waals surface area contributed by atoms with Crippen LogP contribution < -0.4 is 14.5 Å². The van der Waals surface area contributed by atoms with E-state index in [1.807, 2.05) is 24.4 Å². The summed E-state index contributed by atoms with van der Waals surface area (Å²) in [6, 6.07) is 5.65. The van der Waals surface area contributed by atoms with Gasteiger partial charge in [-0.2, -0.15) is 4.99 Å². The lowest BCUT2D eigenvalue weighted by atomic mass is 10.1. The number of quaternary nitrogens is 1. The fraction of sp³-hybridized carbons (Fsp3) is 0.294. The third-order valence-electron chi connectivity index (χ3n) is 4.38. The molecule has 0 aliphatic carbocycles. The van der Waals surface area contributed by atoms with Crippen LogP contribution in [0, 0.1) is 0 Å². The van der Waals surface area contributed by atoms with Gasteiger partial charge in [0.15, 0.2) is 12.3 Å². The number of amides is 1. The minimum atomic E-state index is -0.761. The molecule has 1 aromatic carbocycles. The van der Waals surface area contributed by atoms with Gasteiger partial charge in [-0.05, 0) is 12.5 Å². The number of anilines is 1. The Bertz CT molecular complexity index is 758. The van der Waals surface area contributed by atoms with Gasteiger partial charge >= 0.3 is 6.09 Å². The Labute approximate surface area is 139 Å². The van der Waals surface area contributed by atoms with Gasteiger partial charge in [0.2, 0.25) is 11.6 Å². The lowest BCUT2D eigenvalue weighted by Crippen LogP contribution is -3.06. The minimum absolute atomic E-state index is 0.278. The second kappa shape index (κ2) is 5.77. The van der Waals surface area contributed by atoms with Gasteiger partial charge in [-0.25, -0.2) is 9.69 Å². The summed E-state index contributed by atoms with van der Waals surface area (Å²) >= 11 is 0. The number of aliphatic imine (C=N–C) groups is 1. The monoisotopic (exact) mass is 328 g/mol. The van der Waals surface area contributed by atoms with Crippen LogP contribution >= 0.6 is 0 Å². The van der Waals surface area contributed by atoms with E-state index in [2.05, 4.69) is 11.6 Å². The van der Waals surface area contributed by atoms with E-state index in [1.54, 1.807) is 12.3 Å². The third-order valence-corrected chi connectivity index (χ3v) is 4.38. The number of nitrogens with zero attached hydrogens (tertiary/aromatic N) is 2. The number of rotatable bonds is 4. The SMILES string of the molecule is C=CCC(O)[C@H]1CN(c2cccc3c2OCC2=NC=C[NH+]23)C(=O)O1. The summed E-state index contributed by atoms with van der Waals surface area (Å²) in [7, 11) is 0. The molecule has 4 rings (SSSR count). The maximum Gasteiger partial charge on any atom is 0.414 e. The molecular formula is C17H18N3O4+. The molecule has 1 amide bonds. The van der Waals surface area contributed by atoms with Crippen LogP contribution in [0.2, 0.25) is 0 Å². The second-order valence-electron chi connectivity index (χ2n) is 5.87. The standard InChI is InChI=1S/C17H17N3O4/c1-2-4-13(21)14-9-20(17(22)24-14)12-6-3-5-11-16(12)23-10-15-18-7-8-19(11)15/h2-3,5-8,13-14,21H,1,4,9-10H2/p+1/t13?,14-/m1/s1. The zero-order valence-electron chi connectivity index (χ0n) is 13.0. The van der Waals surface area contributed by atoms with Gasteiger partial charge in [-0.15, -0.1) is 6.58 Å². The van der Waals surface area contributed by atoms with Crippen molar-refractivity contribution in [3.05, 3.63) is 43.3 Å². The maximum atomic E-state index is 12.3. The molecule has 3 atom stereocenters. The van der Waals surface area contributed by atoms with Crippen molar-refractivity contribution in [3.63, 3.8) is 0 Å². The Kier molecular flexibility index (Phi) is 3.59. The van der Waals surface area contributed by atoms with Crippen LogP contribution in [0.3, 0.4) is 0 Å². The van der Waals surface area contributed by atoms with Crippen molar-refractivity contribution in [2.24, 2.45) is 4.99 Å². The number of carbonyl (C=O) groups excluding carboxylic acids is 1. The van der Waals surface area contributed by atoms with E-state index in [0.717, 1.165) is 16.4 Å². The predicted octanol–water partition coefficient (Wildman–Crippen LogP) is 0.741. The summed E-state index contributed by atoms with van der Waals surface area (Å²) in [5.74, 6) is 1.54. The van der Waals surface area contributed by atoms with Gasteiger partial charge in [0.05, 0.1) is 24.5 Å². The topological polar surface area (TPSA) is 75.8 Å². The quantitative estimate of drug-likeness (QED) is 0.800. The molecule has 3 aliphatic rings. The van der Waals surface area contributed by atoms with Crippen LogP contribution in [0.25, 0.3) is 0 Å². The summed E-state index contributed by atoms with van der Waals surface area (Å²) in [4.78, 5) is 19.1. The summed E-state index contributed by atoms with van der Waals surface area (Å²) in [6.45, 7) is 4.25. The molecule has 0 bridgehead atoms. The van der Waals surface area contributed by atoms with E-state index < -0.39 is 18.3 Å². The molecule has 0 aromatic heterocycles. The number of hydrogen-bond donors (Lipinski definition) is 2. The highest BCUT2D eigenvalue weighted by Crippen LogP contribution is 2.38. The van der Waals surface area contributed by atoms with E-state index in [4.69, 9.17) is 9.47 Å². The second-order valence-corrected chi connectivity index (χ2v) is 5.87. The normalized spacial score (nSPS) is 25.5. The molecule has 2 N–H and O–H groups in total. The zero-order chi connectivity index (χ0) is 16.7. The first-order chi connectivity index (χ1) is 11.7. The molecule has 1 saturated heterocycles. The molecule has 0 spiro atoms. The van der Waals surface area contributed by atoms with E-state index in [1.165, 1.54) is 4.90 Å². The molecular weight excluding hydrogens is 310 g/mol. The van der Waals surface area contributed by atoms with Crippen LogP contribution in [-0.4, -0.2) is 42.4 Å². The summed E-state index contributed by atoms with van der Waals surface area (Å²) in [5.41, 5.74) is 1.56. The summed E-state index contributed by atoms with van der Waals surface area (Å²) < 4.78 is 11.2. The van der Waals surface area contributed by atoms with Gasteiger partial charge in [-0.3, -0.25) is 4.90 Å². The van der Waals surface area contributed by atoms with Crippen LogP contribution in [-0.2, 0) is 4.74 Å². The Morgan fingerprint density at radius 2 is 2.42 bits per heavy atom. The lowest BCUT2D eigenvalue weighted by molar-refractivity contribution is -0.669. The maximum absolute atomic E-state index is 12.3. The number of para-hydroxylation sites is 1. The molecule has 1 aromatic rings. The Morgan fingerprint density at radius 1 is 1.54 bits per heavy atom. The predicted molar refractivity (Wildman–Crippen MR) is 87.6 cm³/mol. The highest BCUT2D eigenvalue weighted by Gasteiger charge is 2.40. The van der Waals surface area contributed by atoms with Gasteiger partial charge in [0, 0.05) is 6.07 Å². The van der Waals surface area contributed by atoms with Crippen LogP contribution in [0.5, 0.6) is 5.75 Å². The molecule has 7 nitrogen and oxygen atoms in total. The smallest absolute Gasteiger partial charge is 0.414 e. The Balaban J connectivity index is 1.65. The van der Waals surface area contributed by atoms with Crippen molar-refractivity contribution in [3.8, 4) is 5.75 Å². The van der Waals surface area contributed by atoms with Crippen molar-refractivity contribution in [2.75, 3.05) is 18.1 Å². The van der Waals surface area contributed by atoms with Gasteiger partial charge in [-0.1, -0.05) is 12.1 Å². The van der Waals surface area contributed by atoms with E-state index in [0.29, 0.717) is 24.5 Å². The first-order valence-electron chi connectivity index (χ1n) is 7.83. The fourth-order valence-electron chi connectivity index (χ4n) is 3.17. The number of amidine groups is 1. The van der Waals surface area contributed by atoms with Gasteiger partial charge in [0.1, 0.15) is 12.3 Å². The zero-order valence-corrected chi connectivity index (χ0v) is 13.0. The van der Waals surface area contributed by atoms with E-state index >= 15 is 0 Å². The van der Waals surface area contributed by atoms with E-state index in [9.17, 15) is 9.90 Å². The molecule has 0 saturated carbocycles. The minimum Gasteiger partial charge on any atom is -0.473 e. The molecule has 3 heterocycles. The molecule has 2 unspecified atom stereocenters. The number of hydrogen-bond acceptors (Lipinski definition) is 5. The summed E-state index contributed by atoms with van der Waals surface area (Å²) in [6.07, 6.45) is 3.86. The first kappa shape index (κ1) is 14.9. The van der Waals surface area contributed by atoms with Crippen LogP contribution in [0.4, 0.5) is 16.2 Å². The Hall–Kier alpha value is -2.64. The molecule has 24 heavy (non-hydrogen) atoms. The number of nitrogens with one attached hydrogen (secondary N) is 1. The molecule has 3 aliphatic heterocycles. The number of fused-ring (bicyclic) bond motifs is 3. The number of benzene rings is 1. The highest BCUT2D eigenvalue weighted by atomic mass is 16.6. The van der Waals surface area contributed by atoms with Crippen LogP contribution in [0.15, 0.2) is 48.2 Å². The molecule has 1 fully saturated rings. The first-order valence-corrected chi connectivity index (χ1v) is 7.83. The largest absolute Gasteiger partial charge is 0.473 e. The molecule has 0 radical (unpaired) electrons. The van der Waals surface area contributed by atoms with Gasteiger partial charge in [0.25, 0.3) is 0 Å². The highest BCUT2D eigenvalue weighted by molar-refractivity contribution is 5.94. The van der Waals surface area contributed by atoms with Gasteiger partial charge < -0.3 is 14.6 Å². The number of ether oxygens (including phenoxy) is 2. The van der Waals surface area contributed by atoms with Crippen LogP contribution in [0.1, 0.15) is 6.42 Å². The molecule has 7 heteroatoms. The third kappa shape index (κ3) is 2.29. The summed E-state index contributed by atoms with van der Waals surface area (Å²) in [5, 5.41) is 10.1. The van der Waals surface area contributed by atoms with E-state index in [-0.39, 0.29) is 6.54 Å². The molecule has 124 valence electrons. The van der Waals surface area contributed by atoms with Crippen molar-refractivity contribution < 1.29 is 24.3 Å². The Morgan fingerprint density at radius 3 is 3.25 bits per heavy atom. The van der Waals surface area contributed by atoms with Crippen molar-refractivity contribution in [2.45, 2.75) is 18.6 Å². The van der Waals surface area contributed by atoms with Crippen molar-refractivity contribution >= 4 is 23.3 Å². The number of cyclic esters (lactones) is 1. The number of carbonyl (C=O) groups is 1. The fourth-order valence-corrected chi connectivity index (χ4v) is 3.17. The average molecular weight is 328 g/mol. The number of aliphatic hydroxyl groups excluding tert-OH is 1.